The molecule has 0 aliphatic rings. The van der Waals surface area contributed by atoms with Crippen molar-refractivity contribution in [1.82, 2.24) is 5.32 Å². The minimum atomic E-state index is -0.874. The number of benzene rings is 1. The van der Waals surface area contributed by atoms with Crippen LogP contribution in [-0.4, -0.2) is 34.7 Å². The molecule has 1 amide bonds. The Kier molecular flexibility index (Phi) is 6.99. The van der Waals surface area contributed by atoms with Crippen LogP contribution in [0.3, 0.4) is 0 Å². The lowest BCUT2D eigenvalue weighted by atomic mass is 10.0. The summed E-state index contributed by atoms with van der Waals surface area (Å²) < 4.78 is 11.3. The smallest absolute Gasteiger partial charge is 0.252 e. The van der Waals surface area contributed by atoms with Gasteiger partial charge in [-0.2, -0.15) is 0 Å². The average Bonchev–Trinajstić information content (AvgIpc) is 2.45. The lowest BCUT2D eigenvalue weighted by Crippen LogP contribution is -2.28. The number of hydrogen-bond donors (Lipinski definition) is 2. The van der Waals surface area contributed by atoms with E-state index in [1.807, 2.05) is 26.0 Å². The molecule has 5 heteroatoms. The maximum absolute atomic E-state index is 12.1. The Balaban J connectivity index is 2.80. The molecule has 3 N–H and O–H groups in total. The van der Waals surface area contributed by atoms with Crippen molar-refractivity contribution in [2.24, 2.45) is 5.73 Å². The average molecular weight is 292 g/mol. The lowest BCUT2D eigenvalue weighted by Gasteiger charge is -2.07. The third-order valence-corrected chi connectivity index (χ3v) is 3.99. The lowest BCUT2D eigenvalue weighted by molar-refractivity contribution is 0.0956. The van der Waals surface area contributed by atoms with Crippen molar-refractivity contribution < 1.29 is 9.00 Å². The molecular formula is C15H20N2O2S. The number of carbonyl (C=O) groups excluding carboxylic acids is 1. The summed E-state index contributed by atoms with van der Waals surface area (Å²) >= 11 is 0. The van der Waals surface area contributed by atoms with Gasteiger partial charge < -0.3 is 11.1 Å². The van der Waals surface area contributed by atoms with E-state index in [0.717, 1.165) is 5.56 Å². The van der Waals surface area contributed by atoms with Crippen molar-refractivity contribution in [3.8, 4) is 11.8 Å². The summed E-state index contributed by atoms with van der Waals surface area (Å²) in [5.74, 6) is 6.53. The second-order valence-corrected chi connectivity index (χ2v) is 6.11. The summed E-state index contributed by atoms with van der Waals surface area (Å²) in [6.07, 6.45) is 0. The SMILES string of the molecule is CCS(=O)CCNC(=O)c1cc(C)ccc1C#CCN. The first-order valence-corrected chi connectivity index (χ1v) is 8.00. The molecule has 1 aromatic rings. The summed E-state index contributed by atoms with van der Waals surface area (Å²) in [5, 5.41) is 2.78. The van der Waals surface area contributed by atoms with Crippen molar-refractivity contribution in [1.29, 1.82) is 0 Å². The normalized spacial score (nSPS) is 11.3. The molecular weight excluding hydrogens is 272 g/mol. The van der Waals surface area contributed by atoms with Gasteiger partial charge in [0.05, 0.1) is 12.1 Å². The number of rotatable bonds is 5. The zero-order chi connectivity index (χ0) is 15.0. The van der Waals surface area contributed by atoms with Gasteiger partial charge in [0.25, 0.3) is 5.91 Å². The molecule has 0 saturated heterocycles. The van der Waals surface area contributed by atoms with Gasteiger partial charge in [-0.15, -0.1) is 0 Å². The third kappa shape index (κ3) is 5.16. The van der Waals surface area contributed by atoms with E-state index in [-0.39, 0.29) is 12.5 Å². The molecule has 0 heterocycles. The molecule has 20 heavy (non-hydrogen) atoms. The first kappa shape index (κ1) is 16.4. The molecule has 0 radical (unpaired) electrons. The summed E-state index contributed by atoms with van der Waals surface area (Å²) in [6.45, 7) is 4.43. The molecule has 4 nitrogen and oxygen atoms in total. The molecule has 0 spiro atoms. The van der Waals surface area contributed by atoms with Crippen molar-refractivity contribution in [2.45, 2.75) is 13.8 Å². The van der Waals surface area contributed by atoms with Crippen LogP contribution in [0.1, 0.15) is 28.4 Å². The van der Waals surface area contributed by atoms with E-state index in [0.29, 0.717) is 29.2 Å². The van der Waals surface area contributed by atoms with Crippen LogP contribution in [-0.2, 0) is 10.8 Å². The molecule has 108 valence electrons. The van der Waals surface area contributed by atoms with Crippen molar-refractivity contribution >= 4 is 16.7 Å². The number of aryl methyl sites for hydroxylation is 1. The second-order valence-electron chi connectivity index (χ2n) is 4.24. The minimum absolute atomic E-state index is 0.192. The predicted octanol–water partition coefficient (Wildman–Crippen LogP) is 0.804. The van der Waals surface area contributed by atoms with E-state index >= 15 is 0 Å². The van der Waals surface area contributed by atoms with E-state index in [4.69, 9.17) is 5.73 Å². The molecule has 1 rings (SSSR count). The fourth-order valence-corrected chi connectivity index (χ4v) is 2.24. The van der Waals surface area contributed by atoms with Crippen LogP contribution in [0.25, 0.3) is 0 Å². The van der Waals surface area contributed by atoms with E-state index < -0.39 is 10.8 Å². The summed E-state index contributed by atoms with van der Waals surface area (Å²) in [6, 6.07) is 5.52. The maximum atomic E-state index is 12.1. The Morgan fingerprint density at radius 1 is 1.45 bits per heavy atom. The minimum Gasteiger partial charge on any atom is -0.351 e. The summed E-state index contributed by atoms with van der Waals surface area (Å²) in [4.78, 5) is 12.1. The van der Waals surface area contributed by atoms with Crippen LogP contribution in [0, 0.1) is 18.8 Å². The number of hydrogen-bond acceptors (Lipinski definition) is 3. The fourth-order valence-electron chi connectivity index (χ4n) is 1.62. The van der Waals surface area contributed by atoms with E-state index in [9.17, 15) is 9.00 Å². The Hall–Kier alpha value is -1.64. The molecule has 0 aromatic heterocycles. The molecule has 1 atom stereocenters. The van der Waals surface area contributed by atoms with Gasteiger partial charge in [-0.3, -0.25) is 9.00 Å². The van der Waals surface area contributed by atoms with Gasteiger partial charge in [-0.05, 0) is 19.1 Å². The fraction of sp³-hybridized carbons (Fsp3) is 0.400. The van der Waals surface area contributed by atoms with Crippen LogP contribution in [0.15, 0.2) is 18.2 Å². The van der Waals surface area contributed by atoms with E-state index in [2.05, 4.69) is 17.2 Å². The Labute approximate surface area is 122 Å². The van der Waals surface area contributed by atoms with E-state index in [1.54, 1.807) is 6.07 Å². The summed E-state index contributed by atoms with van der Waals surface area (Å²) in [7, 11) is -0.874. The highest BCUT2D eigenvalue weighted by Crippen LogP contribution is 2.10. The molecule has 0 fully saturated rings. The van der Waals surface area contributed by atoms with E-state index in [1.165, 1.54) is 0 Å². The van der Waals surface area contributed by atoms with Gasteiger partial charge in [-0.25, -0.2) is 0 Å². The second kappa shape index (κ2) is 8.51. The maximum Gasteiger partial charge on any atom is 0.252 e. The van der Waals surface area contributed by atoms with Crippen LogP contribution >= 0.6 is 0 Å². The highest BCUT2D eigenvalue weighted by molar-refractivity contribution is 7.84. The molecule has 1 aromatic carbocycles. The molecule has 0 bridgehead atoms. The van der Waals surface area contributed by atoms with Crippen LogP contribution in [0.2, 0.25) is 0 Å². The van der Waals surface area contributed by atoms with Gasteiger partial charge in [0, 0.05) is 34.4 Å². The van der Waals surface area contributed by atoms with Gasteiger partial charge >= 0.3 is 0 Å². The summed E-state index contributed by atoms with van der Waals surface area (Å²) in [5.41, 5.74) is 7.54. The standard InChI is InChI=1S/C15H20N2O2S/c1-3-20(19)10-9-17-15(18)14-11-12(2)6-7-13(14)5-4-8-16/h6-7,11H,3,8-10,16H2,1-2H3,(H,17,18). The molecule has 1 unspecified atom stereocenters. The zero-order valence-electron chi connectivity index (χ0n) is 11.9. The molecule has 0 aliphatic carbocycles. The molecule has 0 saturated carbocycles. The monoisotopic (exact) mass is 292 g/mol. The number of nitrogens with one attached hydrogen (secondary N) is 1. The first-order chi connectivity index (χ1) is 9.58. The van der Waals surface area contributed by atoms with Gasteiger partial charge in [0.2, 0.25) is 0 Å². The third-order valence-electron chi connectivity index (χ3n) is 2.68. The zero-order valence-corrected chi connectivity index (χ0v) is 12.7. The Morgan fingerprint density at radius 2 is 2.20 bits per heavy atom. The quantitative estimate of drug-likeness (QED) is 0.789. The van der Waals surface area contributed by atoms with Crippen LogP contribution < -0.4 is 11.1 Å². The van der Waals surface area contributed by atoms with Crippen molar-refractivity contribution in [3.63, 3.8) is 0 Å². The first-order valence-electron chi connectivity index (χ1n) is 6.51. The predicted molar refractivity (Wildman–Crippen MR) is 83.0 cm³/mol. The van der Waals surface area contributed by atoms with Gasteiger partial charge in [-0.1, -0.05) is 30.4 Å². The largest absolute Gasteiger partial charge is 0.351 e. The molecule has 0 aliphatic heterocycles. The van der Waals surface area contributed by atoms with Crippen molar-refractivity contribution in [2.75, 3.05) is 24.6 Å². The topological polar surface area (TPSA) is 72.2 Å². The van der Waals surface area contributed by atoms with Crippen LogP contribution in [0.4, 0.5) is 0 Å². The number of nitrogens with two attached hydrogens (primary N) is 1. The highest BCUT2D eigenvalue weighted by Gasteiger charge is 2.10. The van der Waals surface area contributed by atoms with Crippen LogP contribution in [0.5, 0.6) is 0 Å². The Morgan fingerprint density at radius 3 is 2.85 bits per heavy atom. The van der Waals surface area contributed by atoms with Gasteiger partial charge in [0.1, 0.15) is 0 Å². The Bertz CT molecular complexity index is 559. The van der Waals surface area contributed by atoms with Crippen molar-refractivity contribution in [3.05, 3.63) is 34.9 Å². The highest BCUT2D eigenvalue weighted by atomic mass is 32.2. The van der Waals surface area contributed by atoms with Gasteiger partial charge in [0.15, 0.2) is 0 Å². The number of amides is 1. The number of carbonyl (C=O) groups is 1.